The average molecular weight is 217 g/mol. The van der Waals surface area contributed by atoms with Crippen molar-refractivity contribution in [3.8, 4) is 0 Å². The van der Waals surface area contributed by atoms with Crippen LogP contribution >= 0.6 is 0 Å². The van der Waals surface area contributed by atoms with E-state index in [0.29, 0.717) is 0 Å². The molecule has 1 aliphatic rings. The van der Waals surface area contributed by atoms with Crippen LogP contribution in [-0.2, 0) is 6.42 Å². The fourth-order valence-corrected chi connectivity index (χ4v) is 2.83. The predicted molar refractivity (Wildman–Crippen MR) is 69.3 cm³/mol. The van der Waals surface area contributed by atoms with E-state index >= 15 is 0 Å². The van der Waals surface area contributed by atoms with Gasteiger partial charge in [0.25, 0.3) is 0 Å². The topological polar surface area (TPSA) is 26.0 Å². The average Bonchev–Trinajstić information content (AvgIpc) is 2.82. The van der Waals surface area contributed by atoms with Crippen LogP contribution in [0.4, 0.5) is 0 Å². The van der Waals surface area contributed by atoms with E-state index in [0.717, 1.165) is 5.92 Å². The third-order valence-electron chi connectivity index (χ3n) is 3.78. The maximum absolute atomic E-state index is 6.37. The summed E-state index contributed by atoms with van der Waals surface area (Å²) in [6.07, 6.45) is 7.76. The van der Waals surface area contributed by atoms with Gasteiger partial charge in [0, 0.05) is 6.04 Å². The number of benzene rings is 1. The van der Waals surface area contributed by atoms with Gasteiger partial charge < -0.3 is 5.73 Å². The van der Waals surface area contributed by atoms with Crippen molar-refractivity contribution in [2.45, 2.75) is 51.5 Å². The van der Waals surface area contributed by atoms with Gasteiger partial charge in [-0.05, 0) is 36.3 Å². The van der Waals surface area contributed by atoms with Crippen molar-refractivity contribution in [1.82, 2.24) is 0 Å². The van der Waals surface area contributed by atoms with Gasteiger partial charge in [-0.3, -0.25) is 0 Å². The third-order valence-corrected chi connectivity index (χ3v) is 3.78. The van der Waals surface area contributed by atoms with Crippen LogP contribution in [0.15, 0.2) is 24.3 Å². The molecule has 1 atom stereocenters. The summed E-state index contributed by atoms with van der Waals surface area (Å²) in [6, 6.07) is 9.15. The molecule has 16 heavy (non-hydrogen) atoms. The molecule has 0 aromatic heterocycles. The van der Waals surface area contributed by atoms with Crippen molar-refractivity contribution in [3.63, 3.8) is 0 Å². The van der Waals surface area contributed by atoms with Crippen LogP contribution in [0.3, 0.4) is 0 Å². The van der Waals surface area contributed by atoms with Crippen molar-refractivity contribution in [2.24, 2.45) is 11.7 Å². The van der Waals surface area contributed by atoms with E-state index in [-0.39, 0.29) is 6.04 Å². The van der Waals surface area contributed by atoms with Crippen LogP contribution in [0, 0.1) is 5.92 Å². The first-order chi connectivity index (χ1) is 7.81. The molecule has 0 amide bonds. The summed E-state index contributed by atoms with van der Waals surface area (Å²) in [4.78, 5) is 0. The first-order valence-corrected chi connectivity index (χ1v) is 6.65. The van der Waals surface area contributed by atoms with Gasteiger partial charge in [-0.2, -0.15) is 0 Å². The van der Waals surface area contributed by atoms with Gasteiger partial charge in [-0.15, -0.1) is 0 Å². The summed E-state index contributed by atoms with van der Waals surface area (Å²) in [6.45, 7) is 2.23. The Morgan fingerprint density at radius 3 is 2.75 bits per heavy atom. The van der Waals surface area contributed by atoms with Crippen LogP contribution in [0.25, 0.3) is 0 Å². The van der Waals surface area contributed by atoms with E-state index in [1.165, 1.54) is 49.7 Å². The maximum Gasteiger partial charge on any atom is 0.0323 e. The van der Waals surface area contributed by atoms with E-state index in [9.17, 15) is 0 Å². The summed E-state index contributed by atoms with van der Waals surface area (Å²) < 4.78 is 0. The minimum atomic E-state index is 0.263. The molecule has 0 heterocycles. The summed E-state index contributed by atoms with van der Waals surface area (Å²) in [5.74, 6) is 0.719. The van der Waals surface area contributed by atoms with Crippen LogP contribution in [0.5, 0.6) is 0 Å². The number of aryl methyl sites for hydroxylation is 1. The summed E-state index contributed by atoms with van der Waals surface area (Å²) in [7, 11) is 0. The lowest BCUT2D eigenvalue weighted by Gasteiger charge is -2.19. The minimum absolute atomic E-state index is 0.263. The molecule has 1 unspecified atom stereocenters. The minimum Gasteiger partial charge on any atom is -0.324 e. The quantitative estimate of drug-likeness (QED) is 0.815. The Labute approximate surface area is 99.0 Å². The Kier molecular flexibility index (Phi) is 4.00. The van der Waals surface area contributed by atoms with Gasteiger partial charge in [0.1, 0.15) is 0 Å². The smallest absolute Gasteiger partial charge is 0.0323 e. The molecular formula is C15H23N. The zero-order chi connectivity index (χ0) is 11.4. The van der Waals surface area contributed by atoms with Gasteiger partial charge in [0.2, 0.25) is 0 Å². The monoisotopic (exact) mass is 217 g/mol. The highest BCUT2D eigenvalue weighted by atomic mass is 14.7. The Morgan fingerprint density at radius 2 is 2.06 bits per heavy atom. The molecule has 0 radical (unpaired) electrons. The first kappa shape index (κ1) is 11.7. The van der Waals surface area contributed by atoms with Crippen molar-refractivity contribution in [3.05, 3.63) is 35.4 Å². The van der Waals surface area contributed by atoms with E-state index in [2.05, 4.69) is 31.2 Å². The molecule has 88 valence electrons. The van der Waals surface area contributed by atoms with Crippen molar-refractivity contribution < 1.29 is 0 Å². The fourth-order valence-electron chi connectivity index (χ4n) is 2.83. The second-order valence-electron chi connectivity index (χ2n) is 5.07. The molecule has 0 saturated heterocycles. The lowest BCUT2D eigenvalue weighted by atomic mass is 9.91. The number of hydrogen-bond donors (Lipinski definition) is 1. The largest absolute Gasteiger partial charge is 0.324 e. The molecule has 1 aromatic rings. The molecule has 1 heteroatoms. The molecule has 0 aliphatic heterocycles. The van der Waals surface area contributed by atoms with Gasteiger partial charge >= 0.3 is 0 Å². The molecule has 1 aromatic carbocycles. The number of nitrogens with two attached hydrogens (primary N) is 1. The maximum atomic E-state index is 6.37. The molecule has 0 bridgehead atoms. The fraction of sp³-hybridized carbons (Fsp3) is 0.600. The zero-order valence-electron chi connectivity index (χ0n) is 10.3. The molecule has 2 N–H and O–H groups in total. The second kappa shape index (κ2) is 5.49. The highest BCUT2D eigenvalue weighted by Crippen LogP contribution is 2.34. The Hall–Kier alpha value is -0.820. The van der Waals surface area contributed by atoms with Gasteiger partial charge in [0.15, 0.2) is 0 Å². The van der Waals surface area contributed by atoms with Crippen molar-refractivity contribution in [1.29, 1.82) is 0 Å². The number of rotatable bonds is 4. The Balaban J connectivity index is 2.09. The zero-order valence-corrected chi connectivity index (χ0v) is 10.3. The SMILES string of the molecule is CCCc1cccc(C(N)C2CCCC2)c1. The first-order valence-electron chi connectivity index (χ1n) is 6.65. The van der Waals surface area contributed by atoms with Crippen molar-refractivity contribution >= 4 is 0 Å². The van der Waals surface area contributed by atoms with Crippen LogP contribution in [0.2, 0.25) is 0 Å². The second-order valence-corrected chi connectivity index (χ2v) is 5.07. The van der Waals surface area contributed by atoms with Crippen LogP contribution in [-0.4, -0.2) is 0 Å². The Bertz CT molecular complexity index is 326. The highest BCUT2D eigenvalue weighted by molar-refractivity contribution is 5.26. The summed E-state index contributed by atoms with van der Waals surface area (Å²) in [5, 5.41) is 0. The van der Waals surface area contributed by atoms with Gasteiger partial charge in [0.05, 0.1) is 0 Å². The third kappa shape index (κ3) is 2.65. The molecule has 2 rings (SSSR count). The van der Waals surface area contributed by atoms with Crippen LogP contribution < -0.4 is 5.73 Å². The lowest BCUT2D eigenvalue weighted by Crippen LogP contribution is -2.19. The van der Waals surface area contributed by atoms with Gasteiger partial charge in [-0.25, -0.2) is 0 Å². The predicted octanol–water partition coefficient (Wildman–Crippen LogP) is 3.83. The van der Waals surface area contributed by atoms with Crippen LogP contribution in [0.1, 0.15) is 56.2 Å². The summed E-state index contributed by atoms with van der Waals surface area (Å²) >= 11 is 0. The number of hydrogen-bond acceptors (Lipinski definition) is 1. The normalized spacial score (nSPS) is 18.9. The standard InChI is InChI=1S/C15H23N/c1-2-6-12-7-5-10-14(11-12)15(16)13-8-3-4-9-13/h5,7,10-11,13,15H,2-4,6,8-9,16H2,1H3. The van der Waals surface area contributed by atoms with E-state index in [1.54, 1.807) is 0 Å². The highest BCUT2D eigenvalue weighted by Gasteiger charge is 2.23. The lowest BCUT2D eigenvalue weighted by molar-refractivity contribution is 0.444. The van der Waals surface area contributed by atoms with Gasteiger partial charge in [-0.1, -0.05) is 50.5 Å². The Morgan fingerprint density at radius 1 is 1.31 bits per heavy atom. The molecule has 1 aliphatic carbocycles. The molecule has 0 spiro atoms. The molecule has 1 fully saturated rings. The molecular weight excluding hydrogens is 194 g/mol. The van der Waals surface area contributed by atoms with E-state index < -0.39 is 0 Å². The van der Waals surface area contributed by atoms with E-state index in [1.807, 2.05) is 0 Å². The van der Waals surface area contributed by atoms with Crippen molar-refractivity contribution in [2.75, 3.05) is 0 Å². The molecule has 1 saturated carbocycles. The summed E-state index contributed by atoms with van der Waals surface area (Å²) in [5.41, 5.74) is 9.15. The van der Waals surface area contributed by atoms with E-state index in [4.69, 9.17) is 5.73 Å². The molecule has 1 nitrogen and oxygen atoms in total.